The molecule has 0 amide bonds. The molecule has 1 aromatic heterocycles. The number of hydrogen-bond donors (Lipinski definition) is 0. The smallest absolute Gasteiger partial charge is 0.111 e. The summed E-state index contributed by atoms with van der Waals surface area (Å²) in [7, 11) is 0. The van der Waals surface area contributed by atoms with Crippen molar-refractivity contribution in [3.63, 3.8) is 0 Å². The summed E-state index contributed by atoms with van der Waals surface area (Å²) in [6.45, 7) is 0. The van der Waals surface area contributed by atoms with Crippen molar-refractivity contribution in [1.82, 2.24) is 9.55 Å². The van der Waals surface area contributed by atoms with E-state index in [1.807, 2.05) is 30.0 Å². The fraction of sp³-hybridized carbons (Fsp3) is 0.500. The van der Waals surface area contributed by atoms with Gasteiger partial charge in [0.1, 0.15) is 5.82 Å². The topological polar surface area (TPSA) is 17.8 Å². The summed E-state index contributed by atoms with van der Waals surface area (Å²) in [5.41, 5.74) is 2.07. The molecule has 0 saturated carbocycles. The van der Waals surface area contributed by atoms with Crippen molar-refractivity contribution < 1.29 is 0 Å². The molecule has 1 saturated heterocycles. The second-order valence-electron chi connectivity index (χ2n) is 4.82. The number of nitrogens with zero attached hydrogens (tertiary/aromatic N) is 2. The number of hydrogen-bond acceptors (Lipinski definition) is 2. The van der Waals surface area contributed by atoms with Gasteiger partial charge in [-0.25, -0.2) is 4.98 Å². The highest BCUT2D eigenvalue weighted by Gasteiger charge is 2.22. The summed E-state index contributed by atoms with van der Waals surface area (Å²) in [4.78, 5) is 4.72. The molecule has 0 N–H and O–H groups in total. The van der Waals surface area contributed by atoms with E-state index in [0.717, 1.165) is 34.1 Å². The van der Waals surface area contributed by atoms with Crippen LogP contribution in [0.15, 0.2) is 18.2 Å². The first-order chi connectivity index (χ1) is 9.31. The number of benzene rings is 1. The summed E-state index contributed by atoms with van der Waals surface area (Å²) in [5, 5.41) is 0.793. The maximum absolute atomic E-state index is 6.39. The van der Waals surface area contributed by atoms with Gasteiger partial charge in [0.15, 0.2) is 0 Å². The first-order valence-electron chi connectivity index (χ1n) is 6.60. The quantitative estimate of drug-likeness (QED) is 0.774. The van der Waals surface area contributed by atoms with Gasteiger partial charge < -0.3 is 4.57 Å². The molecule has 1 aliphatic heterocycles. The summed E-state index contributed by atoms with van der Waals surface area (Å²) >= 11 is 14.3. The lowest BCUT2D eigenvalue weighted by Gasteiger charge is -2.25. The largest absolute Gasteiger partial charge is 0.323 e. The van der Waals surface area contributed by atoms with E-state index >= 15 is 0 Å². The van der Waals surface area contributed by atoms with Crippen LogP contribution in [-0.2, 0) is 6.42 Å². The summed E-state index contributed by atoms with van der Waals surface area (Å²) in [6.07, 6.45) is 3.27. The summed E-state index contributed by atoms with van der Waals surface area (Å²) < 4.78 is 2.34. The van der Waals surface area contributed by atoms with Crippen LogP contribution in [0.4, 0.5) is 0 Å². The minimum atomic E-state index is 0.502. The number of halogens is 2. The van der Waals surface area contributed by atoms with Crippen molar-refractivity contribution in [2.75, 3.05) is 17.4 Å². The van der Waals surface area contributed by atoms with E-state index in [4.69, 9.17) is 28.2 Å². The van der Waals surface area contributed by atoms with E-state index < -0.39 is 0 Å². The van der Waals surface area contributed by atoms with Crippen LogP contribution in [0.25, 0.3) is 11.0 Å². The zero-order valence-corrected chi connectivity index (χ0v) is 12.9. The van der Waals surface area contributed by atoms with Crippen LogP contribution in [0.3, 0.4) is 0 Å². The van der Waals surface area contributed by atoms with Gasteiger partial charge in [0.25, 0.3) is 0 Å². The fourth-order valence-corrected chi connectivity index (χ4v) is 4.29. The molecule has 3 rings (SSSR count). The first kappa shape index (κ1) is 13.6. The Labute approximate surface area is 127 Å². The van der Waals surface area contributed by atoms with Gasteiger partial charge in [-0.05, 0) is 30.7 Å². The molecule has 0 bridgehead atoms. The molecule has 1 aromatic carbocycles. The van der Waals surface area contributed by atoms with Crippen LogP contribution in [0.1, 0.15) is 24.7 Å². The van der Waals surface area contributed by atoms with Gasteiger partial charge in [-0.1, -0.05) is 17.7 Å². The van der Waals surface area contributed by atoms with Gasteiger partial charge in [0.05, 0.1) is 16.1 Å². The molecule has 0 radical (unpaired) electrons. The average molecular weight is 315 g/mol. The Morgan fingerprint density at radius 2 is 2.32 bits per heavy atom. The van der Waals surface area contributed by atoms with Gasteiger partial charge >= 0.3 is 0 Å². The lowest BCUT2D eigenvalue weighted by molar-refractivity contribution is 0.495. The number of thioether (sulfide) groups is 1. The molecule has 1 atom stereocenters. The maximum atomic E-state index is 6.39. The Hall–Kier alpha value is -0.380. The predicted molar refractivity (Wildman–Crippen MR) is 84.8 cm³/mol. The van der Waals surface area contributed by atoms with Crippen molar-refractivity contribution >= 4 is 46.0 Å². The molecule has 1 aliphatic rings. The highest BCUT2D eigenvalue weighted by atomic mass is 35.5. The van der Waals surface area contributed by atoms with Crippen LogP contribution in [0.2, 0.25) is 5.02 Å². The zero-order chi connectivity index (χ0) is 13.2. The van der Waals surface area contributed by atoms with Crippen LogP contribution < -0.4 is 0 Å². The Balaban J connectivity index is 2.14. The fourth-order valence-electron chi connectivity index (χ4n) is 2.74. The van der Waals surface area contributed by atoms with Crippen molar-refractivity contribution in [3.8, 4) is 0 Å². The predicted octanol–water partition coefficient (Wildman–Crippen LogP) is 4.54. The number of fused-ring (bicyclic) bond motifs is 1. The van der Waals surface area contributed by atoms with E-state index in [-0.39, 0.29) is 0 Å². The Morgan fingerprint density at radius 1 is 1.42 bits per heavy atom. The van der Waals surface area contributed by atoms with Gasteiger partial charge in [-0.3, -0.25) is 0 Å². The molecule has 2 nitrogen and oxygen atoms in total. The maximum Gasteiger partial charge on any atom is 0.111 e. The molecule has 102 valence electrons. The zero-order valence-electron chi connectivity index (χ0n) is 10.6. The molecular weight excluding hydrogens is 299 g/mol. The van der Waals surface area contributed by atoms with Crippen molar-refractivity contribution in [1.29, 1.82) is 0 Å². The Bertz CT molecular complexity index is 576. The minimum absolute atomic E-state index is 0.502. The van der Waals surface area contributed by atoms with Crippen LogP contribution in [0, 0.1) is 0 Å². The SMILES string of the molecule is ClCCc1nc2cccc(Cl)c2n1C1CCCSC1. The van der Waals surface area contributed by atoms with Crippen molar-refractivity contribution in [2.24, 2.45) is 0 Å². The number of imidazole rings is 1. The normalized spacial score (nSPS) is 20.0. The molecule has 0 aliphatic carbocycles. The Morgan fingerprint density at radius 3 is 3.05 bits per heavy atom. The van der Waals surface area contributed by atoms with E-state index in [1.165, 1.54) is 18.6 Å². The molecule has 1 unspecified atom stereocenters. The molecule has 1 fully saturated rings. The second-order valence-corrected chi connectivity index (χ2v) is 6.75. The highest BCUT2D eigenvalue weighted by molar-refractivity contribution is 7.99. The van der Waals surface area contributed by atoms with E-state index in [1.54, 1.807) is 0 Å². The molecular formula is C14H16Cl2N2S. The highest BCUT2D eigenvalue weighted by Crippen LogP contribution is 2.34. The monoisotopic (exact) mass is 314 g/mol. The van der Waals surface area contributed by atoms with Crippen molar-refractivity contribution in [3.05, 3.63) is 29.0 Å². The number of aromatic nitrogens is 2. The molecule has 0 spiro atoms. The van der Waals surface area contributed by atoms with E-state index in [0.29, 0.717) is 11.9 Å². The van der Waals surface area contributed by atoms with Gasteiger partial charge in [0, 0.05) is 24.1 Å². The standard InChI is InChI=1S/C14H16Cl2N2S/c15-7-6-13-17-12-5-1-4-11(16)14(12)18(13)10-3-2-8-19-9-10/h1,4-5,10H,2-3,6-9H2. The third kappa shape index (κ3) is 2.61. The molecule has 19 heavy (non-hydrogen) atoms. The second kappa shape index (κ2) is 5.94. The summed E-state index contributed by atoms with van der Waals surface area (Å²) in [6, 6.07) is 6.44. The first-order valence-corrected chi connectivity index (χ1v) is 8.67. The average Bonchev–Trinajstić information content (AvgIpc) is 2.80. The van der Waals surface area contributed by atoms with Crippen LogP contribution in [0.5, 0.6) is 0 Å². The lowest BCUT2D eigenvalue weighted by atomic mass is 10.1. The Kier molecular flexibility index (Phi) is 4.25. The molecule has 2 heterocycles. The summed E-state index contributed by atoms with van der Waals surface area (Å²) in [5.74, 6) is 4.08. The van der Waals surface area contributed by atoms with E-state index in [9.17, 15) is 0 Å². The number of para-hydroxylation sites is 1. The van der Waals surface area contributed by atoms with E-state index in [2.05, 4.69) is 4.57 Å². The number of aryl methyl sites for hydroxylation is 1. The molecule has 5 heteroatoms. The van der Waals surface area contributed by atoms with Crippen LogP contribution >= 0.6 is 35.0 Å². The molecule has 2 aromatic rings. The lowest BCUT2D eigenvalue weighted by Crippen LogP contribution is -2.18. The third-order valence-electron chi connectivity index (χ3n) is 3.55. The van der Waals surface area contributed by atoms with Gasteiger partial charge in [-0.15, -0.1) is 11.6 Å². The minimum Gasteiger partial charge on any atom is -0.323 e. The van der Waals surface area contributed by atoms with Gasteiger partial charge in [-0.2, -0.15) is 11.8 Å². The van der Waals surface area contributed by atoms with Crippen LogP contribution in [-0.4, -0.2) is 26.9 Å². The number of rotatable bonds is 3. The number of alkyl halides is 1. The van der Waals surface area contributed by atoms with Crippen molar-refractivity contribution in [2.45, 2.75) is 25.3 Å². The van der Waals surface area contributed by atoms with Gasteiger partial charge in [0.2, 0.25) is 0 Å². The third-order valence-corrected chi connectivity index (χ3v) is 5.25.